The Morgan fingerprint density at radius 1 is 0.900 bits per heavy atom. The third-order valence-electron chi connectivity index (χ3n) is 8.00. The summed E-state index contributed by atoms with van der Waals surface area (Å²) >= 11 is 7.51. The Labute approximate surface area is 298 Å². The summed E-state index contributed by atoms with van der Waals surface area (Å²) in [6.07, 6.45) is 0. The summed E-state index contributed by atoms with van der Waals surface area (Å²) in [5.41, 5.74) is 7.35. The molecule has 6 aromatic rings. The monoisotopic (exact) mass is 728 g/mol. The summed E-state index contributed by atoms with van der Waals surface area (Å²) in [5, 5.41) is 21.8. The lowest BCUT2D eigenvalue weighted by molar-refractivity contribution is -0.384. The number of nitro benzene ring substituents is 1. The van der Waals surface area contributed by atoms with Crippen molar-refractivity contribution in [2.45, 2.75) is 44.4 Å². The van der Waals surface area contributed by atoms with E-state index in [1.807, 2.05) is 82.3 Å². The molecular weight excluding hydrogens is 696 g/mol. The first-order valence-corrected chi connectivity index (χ1v) is 18.3. The summed E-state index contributed by atoms with van der Waals surface area (Å²) in [6, 6.07) is 30.7. The number of hydrogen-bond acceptors (Lipinski definition) is 10. The second-order valence-corrected chi connectivity index (χ2v) is 14.9. The van der Waals surface area contributed by atoms with Crippen LogP contribution in [-0.2, 0) is 10.1 Å². The molecule has 0 aliphatic carbocycles. The maximum atomic E-state index is 11.9. The number of thiazole rings is 1. The van der Waals surface area contributed by atoms with Gasteiger partial charge in [-0.1, -0.05) is 93.1 Å². The Morgan fingerprint density at radius 3 is 2.18 bits per heavy atom. The zero-order chi connectivity index (χ0) is 35.7. The number of fused-ring (bicyclic) bond motifs is 2. The van der Waals surface area contributed by atoms with Crippen molar-refractivity contribution in [3.8, 4) is 0 Å². The first kappa shape index (κ1) is 34.8. The lowest BCUT2D eigenvalue weighted by Crippen LogP contribution is -2.44. The minimum atomic E-state index is -4.26. The van der Waals surface area contributed by atoms with Gasteiger partial charge in [-0.3, -0.25) is 20.1 Å². The SMILES string of the molecule is CC(C)c1cc2ccccc2c(S(=O)(=O)O)c1C(C)C.O=[N+]([O-])c1ccc(N2NC(c3ccc(Cl)cc3)=NN2c2nc3ccccc3s2)cc1. The molecule has 50 heavy (non-hydrogen) atoms. The van der Waals surface area contributed by atoms with Crippen LogP contribution in [0.3, 0.4) is 0 Å². The second-order valence-electron chi connectivity index (χ2n) is 12.1. The van der Waals surface area contributed by atoms with Gasteiger partial charge in [-0.15, -0.1) is 10.2 Å². The van der Waals surface area contributed by atoms with Gasteiger partial charge in [0.25, 0.3) is 15.8 Å². The van der Waals surface area contributed by atoms with E-state index in [-0.39, 0.29) is 22.4 Å². The van der Waals surface area contributed by atoms with E-state index in [4.69, 9.17) is 16.7 Å². The van der Waals surface area contributed by atoms with Crippen molar-refractivity contribution < 1.29 is 17.9 Å². The highest BCUT2D eigenvalue weighted by Crippen LogP contribution is 2.38. The zero-order valence-corrected chi connectivity index (χ0v) is 29.9. The molecule has 256 valence electrons. The molecule has 0 radical (unpaired) electrons. The van der Waals surface area contributed by atoms with Gasteiger partial charge in [-0.2, -0.15) is 13.5 Å². The highest BCUT2D eigenvalue weighted by atomic mass is 35.5. The molecule has 2 heterocycles. The number of amidine groups is 1. The number of benzene rings is 5. The van der Waals surface area contributed by atoms with Crippen LogP contribution in [0.5, 0.6) is 0 Å². The van der Waals surface area contributed by atoms with Gasteiger partial charge in [0, 0.05) is 28.1 Å². The molecule has 11 nitrogen and oxygen atoms in total. The van der Waals surface area contributed by atoms with Crippen molar-refractivity contribution in [1.82, 2.24) is 10.4 Å². The normalized spacial score (nSPS) is 13.1. The van der Waals surface area contributed by atoms with E-state index in [9.17, 15) is 23.1 Å². The van der Waals surface area contributed by atoms with E-state index >= 15 is 0 Å². The van der Waals surface area contributed by atoms with E-state index in [0.29, 0.717) is 27.1 Å². The predicted octanol–water partition coefficient (Wildman–Crippen LogP) is 9.30. The Balaban J connectivity index is 0.000000189. The highest BCUT2D eigenvalue weighted by Gasteiger charge is 2.29. The van der Waals surface area contributed by atoms with Gasteiger partial charge >= 0.3 is 0 Å². The first-order chi connectivity index (χ1) is 23.8. The molecule has 1 aliphatic heterocycles. The quantitative estimate of drug-likeness (QED) is 0.0934. The van der Waals surface area contributed by atoms with Crippen molar-refractivity contribution in [1.29, 1.82) is 0 Å². The van der Waals surface area contributed by atoms with Crippen molar-refractivity contribution in [2.75, 3.05) is 10.2 Å². The summed E-state index contributed by atoms with van der Waals surface area (Å²) in [6.45, 7) is 7.96. The Bertz CT molecular complexity index is 2310. The Morgan fingerprint density at radius 2 is 1.56 bits per heavy atom. The molecule has 0 saturated heterocycles. The molecule has 0 saturated carbocycles. The van der Waals surface area contributed by atoms with Crippen molar-refractivity contribution in [2.24, 2.45) is 5.10 Å². The molecule has 0 amide bonds. The lowest BCUT2D eigenvalue weighted by atomic mass is 9.88. The Kier molecular flexibility index (Phi) is 9.76. The van der Waals surface area contributed by atoms with Crippen LogP contribution in [0.25, 0.3) is 21.0 Å². The number of hydrazine groups is 2. The number of hydrazone groups is 1. The number of para-hydroxylation sites is 1. The molecule has 0 atom stereocenters. The van der Waals surface area contributed by atoms with Gasteiger partial charge in [0.15, 0.2) is 5.84 Å². The standard InChI is InChI=1S/C20H13ClN6O2S.C16H20O3S/c21-14-7-5-13(6-8-14)19-23-25(15-9-11-16(12-10-15)27(28)29)26(24-19)20-22-17-3-1-2-4-18(17)30-20;1-10(2)14-9-12-7-5-6-8-13(12)16(20(17,18)19)15(14)11(3)4/h1-12H,(H,23,24);5-11H,1-4H3,(H,17,18,19). The van der Waals surface area contributed by atoms with E-state index in [1.54, 1.807) is 46.6 Å². The molecule has 0 unspecified atom stereocenters. The fourth-order valence-corrected chi connectivity index (χ4v) is 7.84. The Hall–Kier alpha value is -5.08. The number of non-ortho nitro benzene ring substituents is 1. The van der Waals surface area contributed by atoms with Crippen LogP contribution >= 0.6 is 22.9 Å². The molecule has 1 aliphatic rings. The van der Waals surface area contributed by atoms with E-state index in [0.717, 1.165) is 32.3 Å². The first-order valence-electron chi connectivity index (χ1n) is 15.7. The summed E-state index contributed by atoms with van der Waals surface area (Å²) in [4.78, 5) is 15.3. The second kappa shape index (κ2) is 14.0. The van der Waals surface area contributed by atoms with Crippen molar-refractivity contribution >= 4 is 76.4 Å². The maximum absolute atomic E-state index is 11.9. The third kappa shape index (κ3) is 7.12. The molecule has 0 bridgehead atoms. The number of hydrogen-bond donors (Lipinski definition) is 2. The highest BCUT2D eigenvalue weighted by molar-refractivity contribution is 7.86. The van der Waals surface area contributed by atoms with Crippen molar-refractivity contribution in [3.05, 3.63) is 135 Å². The number of anilines is 2. The van der Waals surface area contributed by atoms with E-state index < -0.39 is 15.0 Å². The van der Waals surface area contributed by atoms with Crippen LogP contribution in [0.15, 0.2) is 113 Å². The van der Waals surface area contributed by atoms with E-state index in [2.05, 4.69) is 10.4 Å². The largest absolute Gasteiger partial charge is 0.295 e. The van der Waals surface area contributed by atoms with Gasteiger partial charge in [0.05, 0.1) is 20.8 Å². The van der Waals surface area contributed by atoms with Gasteiger partial charge in [-0.25, -0.2) is 4.98 Å². The van der Waals surface area contributed by atoms with Crippen LogP contribution in [0.1, 0.15) is 56.2 Å². The molecule has 7 rings (SSSR count). The predicted molar refractivity (Wildman–Crippen MR) is 201 cm³/mol. The van der Waals surface area contributed by atoms with E-state index in [1.165, 1.54) is 23.5 Å². The molecule has 2 N–H and O–H groups in total. The fourth-order valence-electron chi connectivity index (χ4n) is 5.71. The average molecular weight is 729 g/mol. The van der Waals surface area contributed by atoms with Crippen LogP contribution in [0.4, 0.5) is 16.5 Å². The van der Waals surface area contributed by atoms with Gasteiger partial charge in [0.1, 0.15) is 4.90 Å². The van der Waals surface area contributed by atoms with Crippen molar-refractivity contribution in [3.63, 3.8) is 0 Å². The smallest absolute Gasteiger partial charge is 0.282 e. The van der Waals surface area contributed by atoms with Crippen LogP contribution < -0.4 is 15.7 Å². The number of halogens is 1. The van der Waals surface area contributed by atoms with Crippen LogP contribution in [-0.4, -0.2) is 28.7 Å². The lowest BCUT2D eigenvalue weighted by Gasteiger charge is -2.25. The van der Waals surface area contributed by atoms with Gasteiger partial charge in [0.2, 0.25) is 5.13 Å². The van der Waals surface area contributed by atoms with Gasteiger partial charge in [-0.05, 0) is 76.9 Å². The number of aromatic nitrogens is 1. The number of nitro groups is 1. The minimum Gasteiger partial charge on any atom is -0.282 e. The molecular formula is C36H33ClN6O5S2. The molecule has 0 fully saturated rings. The maximum Gasteiger partial charge on any atom is 0.295 e. The number of rotatable bonds is 7. The van der Waals surface area contributed by atoms with Crippen LogP contribution in [0.2, 0.25) is 5.02 Å². The molecule has 0 spiro atoms. The zero-order valence-electron chi connectivity index (χ0n) is 27.5. The fraction of sp³-hybridized carbons (Fsp3) is 0.167. The summed E-state index contributed by atoms with van der Waals surface area (Å²) in [7, 11) is -4.26. The number of nitrogens with one attached hydrogen (secondary N) is 1. The molecule has 1 aromatic heterocycles. The summed E-state index contributed by atoms with van der Waals surface area (Å²) < 4.78 is 34.5. The third-order valence-corrected chi connectivity index (χ3v) is 10.2. The average Bonchev–Trinajstić information content (AvgIpc) is 3.73. The number of nitrogens with zero attached hydrogens (tertiary/aromatic N) is 5. The topological polar surface area (TPSA) is 141 Å². The van der Waals surface area contributed by atoms with Crippen LogP contribution in [0, 0.1) is 10.1 Å². The minimum absolute atomic E-state index is 0.0170. The molecule has 14 heteroatoms. The molecule has 5 aromatic carbocycles. The summed E-state index contributed by atoms with van der Waals surface area (Å²) in [5.74, 6) is 0.815. The van der Waals surface area contributed by atoms with Gasteiger partial charge < -0.3 is 0 Å².